The summed E-state index contributed by atoms with van der Waals surface area (Å²) in [4.78, 5) is 0. The molecule has 0 aromatic heterocycles. The number of fused-ring (bicyclic) bond motifs is 1. The lowest BCUT2D eigenvalue weighted by atomic mass is 9.80. The maximum absolute atomic E-state index is 9.71. The van der Waals surface area contributed by atoms with Crippen molar-refractivity contribution < 1.29 is 14.9 Å². The molecule has 1 aliphatic rings. The first-order chi connectivity index (χ1) is 11.2. The molecule has 23 heavy (non-hydrogen) atoms. The SMILES string of the molecule is COc1cc(CN[C@@H]2c3ccccc3CC[C@@H]2CO)ccc1O. The fourth-order valence-corrected chi connectivity index (χ4v) is 3.36. The second kappa shape index (κ2) is 7.02. The van der Waals surface area contributed by atoms with E-state index in [0.717, 1.165) is 18.4 Å². The van der Waals surface area contributed by atoms with E-state index in [1.807, 2.05) is 12.1 Å². The van der Waals surface area contributed by atoms with Gasteiger partial charge in [0.25, 0.3) is 0 Å². The van der Waals surface area contributed by atoms with Gasteiger partial charge in [0.1, 0.15) is 0 Å². The predicted molar refractivity (Wildman–Crippen MR) is 89.6 cm³/mol. The van der Waals surface area contributed by atoms with Crippen molar-refractivity contribution in [2.45, 2.75) is 25.4 Å². The molecule has 0 heterocycles. The lowest BCUT2D eigenvalue weighted by molar-refractivity contribution is 0.173. The molecule has 1 aliphatic carbocycles. The zero-order valence-electron chi connectivity index (χ0n) is 13.3. The molecule has 0 saturated heterocycles. The first-order valence-corrected chi connectivity index (χ1v) is 8.01. The second-order valence-corrected chi connectivity index (χ2v) is 6.04. The normalized spacial score (nSPS) is 20.1. The fourth-order valence-electron chi connectivity index (χ4n) is 3.36. The molecule has 0 fully saturated rings. The summed E-state index contributed by atoms with van der Waals surface area (Å²) in [6, 6.07) is 13.9. The highest BCUT2D eigenvalue weighted by molar-refractivity contribution is 5.42. The number of aromatic hydroxyl groups is 1. The predicted octanol–water partition coefficient (Wildman–Crippen LogP) is 2.79. The van der Waals surface area contributed by atoms with Crippen molar-refractivity contribution in [1.29, 1.82) is 0 Å². The van der Waals surface area contributed by atoms with Gasteiger partial charge in [0, 0.05) is 25.1 Å². The van der Waals surface area contributed by atoms with Crippen LogP contribution in [-0.4, -0.2) is 23.9 Å². The van der Waals surface area contributed by atoms with Crippen LogP contribution in [0.25, 0.3) is 0 Å². The molecule has 2 aromatic carbocycles. The number of ether oxygens (including phenoxy) is 1. The average Bonchev–Trinajstić information content (AvgIpc) is 2.60. The van der Waals surface area contributed by atoms with Crippen molar-refractivity contribution in [1.82, 2.24) is 5.32 Å². The number of benzene rings is 2. The van der Waals surface area contributed by atoms with Gasteiger partial charge in [-0.3, -0.25) is 0 Å². The number of rotatable bonds is 5. The van der Waals surface area contributed by atoms with E-state index in [-0.39, 0.29) is 24.3 Å². The van der Waals surface area contributed by atoms with Gasteiger partial charge in [0.05, 0.1) is 7.11 Å². The van der Waals surface area contributed by atoms with Crippen molar-refractivity contribution >= 4 is 0 Å². The molecule has 122 valence electrons. The van der Waals surface area contributed by atoms with Gasteiger partial charge >= 0.3 is 0 Å². The highest BCUT2D eigenvalue weighted by Crippen LogP contribution is 2.34. The van der Waals surface area contributed by atoms with Crippen molar-refractivity contribution in [2.24, 2.45) is 5.92 Å². The van der Waals surface area contributed by atoms with Gasteiger partial charge < -0.3 is 20.3 Å². The van der Waals surface area contributed by atoms with Crippen LogP contribution in [-0.2, 0) is 13.0 Å². The van der Waals surface area contributed by atoms with Gasteiger partial charge in [-0.05, 0) is 41.7 Å². The van der Waals surface area contributed by atoms with Crippen LogP contribution in [0.1, 0.15) is 29.2 Å². The molecule has 2 atom stereocenters. The van der Waals surface area contributed by atoms with Crippen molar-refractivity contribution in [3.05, 3.63) is 59.2 Å². The molecule has 3 rings (SSSR count). The lowest BCUT2D eigenvalue weighted by Gasteiger charge is -2.33. The van der Waals surface area contributed by atoms with Crippen LogP contribution in [0.2, 0.25) is 0 Å². The minimum Gasteiger partial charge on any atom is -0.504 e. The Morgan fingerprint density at radius 3 is 2.83 bits per heavy atom. The fraction of sp³-hybridized carbons (Fsp3) is 0.368. The number of aryl methyl sites for hydroxylation is 1. The molecule has 2 aromatic rings. The Morgan fingerprint density at radius 2 is 2.04 bits per heavy atom. The van der Waals surface area contributed by atoms with Crippen LogP contribution in [0.3, 0.4) is 0 Å². The van der Waals surface area contributed by atoms with Crippen molar-refractivity contribution in [2.75, 3.05) is 13.7 Å². The molecular weight excluding hydrogens is 290 g/mol. The van der Waals surface area contributed by atoms with E-state index in [2.05, 4.69) is 29.6 Å². The van der Waals surface area contributed by atoms with E-state index >= 15 is 0 Å². The molecule has 0 saturated carbocycles. The summed E-state index contributed by atoms with van der Waals surface area (Å²) in [5.74, 6) is 0.850. The van der Waals surface area contributed by atoms with E-state index in [1.165, 1.54) is 11.1 Å². The number of methoxy groups -OCH3 is 1. The Hall–Kier alpha value is -2.04. The molecular formula is C19H23NO3. The van der Waals surface area contributed by atoms with Crippen LogP contribution in [0.5, 0.6) is 11.5 Å². The summed E-state index contributed by atoms with van der Waals surface area (Å²) >= 11 is 0. The van der Waals surface area contributed by atoms with Crippen LogP contribution in [0.4, 0.5) is 0 Å². The molecule has 0 amide bonds. The highest BCUT2D eigenvalue weighted by Gasteiger charge is 2.28. The summed E-state index contributed by atoms with van der Waals surface area (Å²) in [6.07, 6.45) is 2.01. The Labute approximate surface area is 136 Å². The highest BCUT2D eigenvalue weighted by atomic mass is 16.5. The smallest absolute Gasteiger partial charge is 0.160 e. The molecule has 3 N–H and O–H groups in total. The van der Waals surface area contributed by atoms with Gasteiger partial charge in [-0.15, -0.1) is 0 Å². The zero-order chi connectivity index (χ0) is 16.2. The third kappa shape index (κ3) is 3.33. The van der Waals surface area contributed by atoms with Crippen molar-refractivity contribution in [3.8, 4) is 11.5 Å². The summed E-state index contributed by atoms with van der Waals surface area (Å²) in [5.41, 5.74) is 3.68. The minimum atomic E-state index is 0.143. The van der Waals surface area contributed by atoms with Gasteiger partial charge in [-0.1, -0.05) is 30.3 Å². The number of aliphatic hydroxyl groups is 1. The van der Waals surface area contributed by atoms with Gasteiger partial charge in [-0.2, -0.15) is 0 Å². The Balaban J connectivity index is 1.78. The van der Waals surface area contributed by atoms with E-state index in [1.54, 1.807) is 13.2 Å². The first kappa shape index (κ1) is 15.8. The molecule has 4 nitrogen and oxygen atoms in total. The van der Waals surface area contributed by atoms with Crippen LogP contribution >= 0.6 is 0 Å². The van der Waals surface area contributed by atoms with E-state index < -0.39 is 0 Å². The molecule has 4 heteroatoms. The summed E-state index contributed by atoms with van der Waals surface area (Å²) < 4.78 is 5.16. The Bertz CT molecular complexity index is 671. The first-order valence-electron chi connectivity index (χ1n) is 8.01. The van der Waals surface area contributed by atoms with E-state index in [9.17, 15) is 10.2 Å². The quantitative estimate of drug-likeness (QED) is 0.794. The minimum absolute atomic E-state index is 0.143. The number of nitrogens with one attached hydrogen (secondary N) is 1. The third-order valence-corrected chi connectivity index (χ3v) is 4.65. The monoisotopic (exact) mass is 313 g/mol. The maximum Gasteiger partial charge on any atom is 0.160 e. The molecule has 0 spiro atoms. The van der Waals surface area contributed by atoms with Crippen molar-refractivity contribution in [3.63, 3.8) is 0 Å². The van der Waals surface area contributed by atoms with Crippen LogP contribution in [0, 0.1) is 5.92 Å². The third-order valence-electron chi connectivity index (χ3n) is 4.65. The maximum atomic E-state index is 9.71. The van der Waals surface area contributed by atoms with Crippen LogP contribution in [0.15, 0.2) is 42.5 Å². The summed E-state index contributed by atoms with van der Waals surface area (Å²) in [6.45, 7) is 0.844. The molecule has 0 radical (unpaired) electrons. The number of aliphatic hydroxyl groups excluding tert-OH is 1. The largest absolute Gasteiger partial charge is 0.504 e. The molecule has 0 bridgehead atoms. The lowest BCUT2D eigenvalue weighted by Crippen LogP contribution is -2.34. The number of phenols is 1. The average molecular weight is 313 g/mol. The number of phenolic OH excluding ortho intramolecular Hbond substituents is 1. The summed E-state index contributed by atoms with van der Waals surface area (Å²) in [5, 5.41) is 23.0. The number of hydrogen-bond donors (Lipinski definition) is 3. The standard InChI is InChI=1S/C19H23NO3/c1-23-18-10-13(6-9-17(18)22)11-20-19-15(12-21)8-7-14-4-2-3-5-16(14)19/h2-6,9-10,15,19-22H,7-8,11-12H2,1H3/t15-,19+/m1/s1. The Kier molecular flexibility index (Phi) is 4.84. The zero-order valence-corrected chi connectivity index (χ0v) is 13.3. The van der Waals surface area contributed by atoms with Crippen LogP contribution < -0.4 is 10.1 Å². The van der Waals surface area contributed by atoms with Gasteiger partial charge in [-0.25, -0.2) is 0 Å². The molecule has 0 aliphatic heterocycles. The van der Waals surface area contributed by atoms with Gasteiger partial charge in [0.15, 0.2) is 11.5 Å². The number of hydrogen-bond acceptors (Lipinski definition) is 4. The van der Waals surface area contributed by atoms with E-state index in [0.29, 0.717) is 12.3 Å². The molecule has 0 unspecified atom stereocenters. The summed E-state index contributed by atoms with van der Waals surface area (Å²) in [7, 11) is 1.55. The van der Waals surface area contributed by atoms with E-state index in [4.69, 9.17) is 4.74 Å². The topological polar surface area (TPSA) is 61.7 Å². The second-order valence-electron chi connectivity index (χ2n) is 6.04. The van der Waals surface area contributed by atoms with Gasteiger partial charge in [0.2, 0.25) is 0 Å². The Morgan fingerprint density at radius 1 is 1.22 bits per heavy atom.